The highest BCUT2D eigenvalue weighted by atomic mass is 32.2. The van der Waals surface area contributed by atoms with Crippen LogP contribution in [0.2, 0.25) is 0 Å². The Morgan fingerprint density at radius 3 is 2.77 bits per heavy atom. The Kier molecular flexibility index (Phi) is 6.14. The van der Waals surface area contributed by atoms with E-state index in [-0.39, 0.29) is 17.0 Å². The summed E-state index contributed by atoms with van der Waals surface area (Å²) in [6.45, 7) is 4.97. The molecule has 8 heteroatoms. The highest BCUT2D eigenvalue weighted by molar-refractivity contribution is 8.02. The number of amides is 1. The monoisotopic (exact) mass is 340 g/mol. The fourth-order valence-corrected chi connectivity index (χ4v) is 3.61. The van der Waals surface area contributed by atoms with Gasteiger partial charge >= 0.3 is 0 Å². The van der Waals surface area contributed by atoms with Crippen molar-refractivity contribution in [3.8, 4) is 0 Å². The number of hydrogen-bond acceptors (Lipinski definition) is 6. The van der Waals surface area contributed by atoms with Gasteiger partial charge in [0.2, 0.25) is 11.0 Å². The molecule has 0 fully saturated rings. The van der Waals surface area contributed by atoms with E-state index < -0.39 is 0 Å². The van der Waals surface area contributed by atoms with Gasteiger partial charge in [0.15, 0.2) is 4.34 Å². The molecular formula is C14H17FN4OS2. The molecule has 118 valence electrons. The number of aromatic nitrogens is 2. The molecule has 1 atom stereocenters. The van der Waals surface area contributed by atoms with Crippen molar-refractivity contribution in [2.75, 3.05) is 11.9 Å². The fourth-order valence-electron chi connectivity index (χ4n) is 1.62. The van der Waals surface area contributed by atoms with Crippen molar-refractivity contribution in [3.05, 3.63) is 35.6 Å². The first-order valence-corrected chi connectivity index (χ1v) is 8.54. The predicted molar refractivity (Wildman–Crippen MR) is 87.6 cm³/mol. The zero-order chi connectivity index (χ0) is 15.9. The summed E-state index contributed by atoms with van der Waals surface area (Å²) in [7, 11) is 0. The molecule has 2 rings (SSSR count). The van der Waals surface area contributed by atoms with Crippen molar-refractivity contribution in [2.45, 2.75) is 30.0 Å². The SMILES string of the molecule is CCNc1nnc(S[C@H](C)C(=O)NCc2ccc(F)cc2)s1. The minimum absolute atomic E-state index is 0.0884. The number of anilines is 1. The van der Waals surface area contributed by atoms with E-state index in [1.165, 1.54) is 35.2 Å². The van der Waals surface area contributed by atoms with Crippen LogP contribution in [0.5, 0.6) is 0 Å². The molecule has 1 amide bonds. The van der Waals surface area contributed by atoms with Crippen molar-refractivity contribution in [2.24, 2.45) is 0 Å². The van der Waals surface area contributed by atoms with Crippen LogP contribution in [-0.4, -0.2) is 27.9 Å². The summed E-state index contributed by atoms with van der Waals surface area (Å²) >= 11 is 2.80. The van der Waals surface area contributed by atoms with Gasteiger partial charge in [0.05, 0.1) is 5.25 Å². The normalized spacial score (nSPS) is 12.0. The number of rotatable bonds is 7. The van der Waals surface area contributed by atoms with E-state index in [2.05, 4.69) is 20.8 Å². The quantitative estimate of drug-likeness (QED) is 0.759. The maximum absolute atomic E-state index is 12.8. The number of carbonyl (C=O) groups is 1. The summed E-state index contributed by atoms with van der Waals surface area (Å²) in [4.78, 5) is 12.1. The number of hydrogen-bond donors (Lipinski definition) is 2. The van der Waals surface area contributed by atoms with Gasteiger partial charge in [-0.1, -0.05) is 35.2 Å². The number of thioether (sulfide) groups is 1. The van der Waals surface area contributed by atoms with E-state index in [9.17, 15) is 9.18 Å². The molecule has 0 aliphatic carbocycles. The van der Waals surface area contributed by atoms with E-state index in [0.29, 0.717) is 6.54 Å². The van der Waals surface area contributed by atoms with Gasteiger partial charge in [-0.3, -0.25) is 4.79 Å². The Morgan fingerprint density at radius 1 is 1.36 bits per heavy atom. The molecule has 5 nitrogen and oxygen atoms in total. The average Bonchev–Trinajstić information content (AvgIpc) is 2.94. The van der Waals surface area contributed by atoms with Gasteiger partial charge in [-0.05, 0) is 31.5 Å². The third-order valence-corrected chi connectivity index (χ3v) is 4.83. The molecule has 2 aromatic rings. The van der Waals surface area contributed by atoms with Gasteiger partial charge in [0.25, 0.3) is 0 Å². The van der Waals surface area contributed by atoms with Crippen LogP contribution in [0.1, 0.15) is 19.4 Å². The average molecular weight is 340 g/mol. The van der Waals surface area contributed by atoms with E-state index in [1.807, 2.05) is 13.8 Å². The van der Waals surface area contributed by atoms with Crippen LogP contribution in [0, 0.1) is 5.82 Å². The molecule has 22 heavy (non-hydrogen) atoms. The van der Waals surface area contributed by atoms with Gasteiger partial charge < -0.3 is 10.6 Å². The molecule has 0 bridgehead atoms. The van der Waals surface area contributed by atoms with Crippen molar-refractivity contribution >= 4 is 34.1 Å². The van der Waals surface area contributed by atoms with E-state index >= 15 is 0 Å². The maximum atomic E-state index is 12.8. The maximum Gasteiger partial charge on any atom is 0.233 e. The standard InChI is InChI=1S/C14H17FN4OS2/c1-3-16-13-18-19-14(22-13)21-9(2)12(20)17-8-10-4-6-11(15)7-5-10/h4-7,9H,3,8H2,1-2H3,(H,16,18)(H,17,20)/t9-/m1/s1. The Balaban J connectivity index is 1.82. The molecule has 1 aromatic carbocycles. The lowest BCUT2D eigenvalue weighted by atomic mass is 10.2. The Morgan fingerprint density at radius 2 is 2.09 bits per heavy atom. The lowest BCUT2D eigenvalue weighted by Gasteiger charge is -2.10. The van der Waals surface area contributed by atoms with Crippen LogP contribution in [0.4, 0.5) is 9.52 Å². The van der Waals surface area contributed by atoms with E-state index in [1.54, 1.807) is 12.1 Å². The Hall–Kier alpha value is -1.67. The lowest BCUT2D eigenvalue weighted by Crippen LogP contribution is -2.30. The molecule has 0 aliphatic rings. The van der Waals surface area contributed by atoms with Gasteiger partial charge in [-0.2, -0.15) is 0 Å². The lowest BCUT2D eigenvalue weighted by molar-refractivity contribution is -0.120. The van der Waals surface area contributed by atoms with Crippen LogP contribution in [0.25, 0.3) is 0 Å². The summed E-state index contributed by atoms with van der Waals surface area (Å²) in [5.74, 6) is -0.374. The minimum Gasteiger partial charge on any atom is -0.360 e. The molecule has 2 N–H and O–H groups in total. The molecule has 0 unspecified atom stereocenters. The van der Waals surface area contributed by atoms with Crippen molar-refractivity contribution in [1.29, 1.82) is 0 Å². The molecule has 0 spiro atoms. The highest BCUT2D eigenvalue weighted by Gasteiger charge is 2.16. The minimum atomic E-state index is -0.285. The molecule has 0 radical (unpaired) electrons. The number of nitrogens with zero attached hydrogens (tertiary/aromatic N) is 2. The first-order valence-electron chi connectivity index (χ1n) is 6.84. The summed E-state index contributed by atoms with van der Waals surface area (Å²) in [6, 6.07) is 6.06. The van der Waals surface area contributed by atoms with Crippen molar-refractivity contribution < 1.29 is 9.18 Å². The van der Waals surface area contributed by atoms with Crippen LogP contribution >= 0.6 is 23.1 Å². The molecule has 1 heterocycles. The molecule has 0 saturated heterocycles. The van der Waals surface area contributed by atoms with Crippen molar-refractivity contribution in [3.63, 3.8) is 0 Å². The zero-order valence-electron chi connectivity index (χ0n) is 12.3. The smallest absolute Gasteiger partial charge is 0.233 e. The first-order chi connectivity index (χ1) is 10.6. The molecule has 0 aliphatic heterocycles. The number of benzene rings is 1. The largest absolute Gasteiger partial charge is 0.360 e. The highest BCUT2D eigenvalue weighted by Crippen LogP contribution is 2.28. The topological polar surface area (TPSA) is 66.9 Å². The summed E-state index contributed by atoms with van der Waals surface area (Å²) in [5.41, 5.74) is 0.859. The van der Waals surface area contributed by atoms with E-state index in [4.69, 9.17) is 0 Å². The number of halogens is 1. The Bertz CT molecular complexity index is 618. The number of nitrogens with one attached hydrogen (secondary N) is 2. The second-order valence-corrected chi connectivity index (χ2v) is 7.07. The third kappa shape index (κ3) is 4.96. The zero-order valence-corrected chi connectivity index (χ0v) is 13.9. The van der Waals surface area contributed by atoms with Gasteiger partial charge in [0, 0.05) is 13.1 Å². The third-order valence-electron chi connectivity index (χ3n) is 2.76. The number of carbonyl (C=O) groups excluding carboxylic acids is 1. The Labute approximate surface area is 136 Å². The van der Waals surface area contributed by atoms with Gasteiger partial charge in [0.1, 0.15) is 5.82 Å². The second kappa shape index (κ2) is 8.09. The van der Waals surface area contributed by atoms with Gasteiger partial charge in [-0.15, -0.1) is 10.2 Å². The van der Waals surface area contributed by atoms with Crippen LogP contribution < -0.4 is 10.6 Å². The van der Waals surface area contributed by atoms with Gasteiger partial charge in [-0.25, -0.2) is 4.39 Å². The second-order valence-electron chi connectivity index (χ2n) is 4.51. The molecular weight excluding hydrogens is 323 g/mol. The summed E-state index contributed by atoms with van der Waals surface area (Å²) < 4.78 is 13.6. The summed E-state index contributed by atoms with van der Waals surface area (Å²) in [6.07, 6.45) is 0. The fraction of sp³-hybridized carbons (Fsp3) is 0.357. The van der Waals surface area contributed by atoms with Crippen molar-refractivity contribution in [1.82, 2.24) is 15.5 Å². The van der Waals surface area contributed by atoms with E-state index in [0.717, 1.165) is 21.6 Å². The van der Waals surface area contributed by atoms with Crippen LogP contribution in [0.3, 0.4) is 0 Å². The summed E-state index contributed by atoms with van der Waals surface area (Å²) in [5, 5.41) is 14.4. The predicted octanol–water partition coefficient (Wildman–Crippen LogP) is 2.91. The molecule has 1 aromatic heterocycles. The first kappa shape index (κ1) is 16.7. The van der Waals surface area contributed by atoms with Crippen LogP contribution in [-0.2, 0) is 11.3 Å². The molecule has 0 saturated carbocycles. The van der Waals surface area contributed by atoms with Crippen LogP contribution in [0.15, 0.2) is 28.6 Å².